The van der Waals surface area contributed by atoms with E-state index in [1.54, 1.807) is 6.07 Å². The zero-order valence-corrected chi connectivity index (χ0v) is 17.3. The molecule has 1 aliphatic heterocycles. The van der Waals surface area contributed by atoms with Gasteiger partial charge in [0.1, 0.15) is 6.54 Å². The van der Waals surface area contributed by atoms with Gasteiger partial charge in [0, 0.05) is 24.2 Å². The topological polar surface area (TPSA) is 76.5 Å². The number of carbonyl (C=O) groups excluding carboxylic acids is 1. The number of carbonyl (C=O) groups is 1. The molecule has 0 bridgehead atoms. The summed E-state index contributed by atoms with van der Waals surface area (Å²) in [5, 5.41) is 8.66. The Morgan fingerprint density at radius 2 is 1.77 bits per heavy atom. The van der Waals surface area contributed by atoms with Gasteiger partial charge in [0.2, 0.25) is 5.91 Å². The number of amides is 1. The molecular formula is C23H26N4O3. The summed E-state index contributed by atoms with van der Waals surface area (Å²) in [7, 11) is 0. The van der Waals surface area contributed by atoms with Gasteiger partial charge in [-0.2, -0.15) is 5.10 Å². The highest BCUT2D eigenvalue weighted by molar-refractivity contribution is 5.83. The van der Waals surface area contributed by atoms with Crippen LogP contribution in [0.5, 0.6) is 0 Å². The molecule has 1 amide bonds. The summed E-state index contributed by atoms with van der Waals surface area (Å²) in [4.78, 5) is 27.5. The second-order valence-corrected chi connectivity index (χ2v) is 7.57. The van der Waals surface area contributed by atoms with E-state index in [4.69, 9.17) is 4.74 Å². The van der Waals surface area contributed by atoms with E-state index in [0.717, 1.165) is 48.6 Å². The zero-order valence-electron chi connectivity index (χ0n) is 17.3. The van der Waals surface area contributed by atoms with Gasteiger partial charge in [-0.1, -0.05) is 30.3 Å². The fourth-order valence-corrected chi connectivity index (χ4v) is 3.81. The van der Waals surface area contributed by atoms with Crippen molar-refractivity contribution in [3.05, 3.63) is 70.1 Å². The first kappa shape index (κ1) is 20.1. The van der Waals surface area contributed by atoms with Gasteiger partial charge >= 0.3 is 0 Å². The lowest BCUT2D eigenvalue weighted by Gasteiger charge is -2.29. The van der Waals surface area contributed by atoms with E-state index >= 15 is 0 Å². The molecule has 0 saturated carbocycles. The molecule has 1 saturated heterocycles. The molecule has 30 heavy (non-hydrogen) atoms. The van der Waals surface area contributed by atoms with Crippen LogP contribution in [0.15, 0.2) is 53.3 Å². The lowest BCUT2D eigenvalue weighted by molar-refractivity contribution is -0.122. The lowest BCUT2D eigenvalue weighted by atomic mass is 10.1. The van der Waals surface area contributed by atoms with Gasteiger partial charge in [-0.3, -0.25) is 9.59 Å². The van der Waals surface area contributed by atoms with Crippen LogP contribution < -0.4 is 15.8 Å². The molecule has 1 unspecified atom stereocenters. The van der Waals surface area contributed by atoms with Crippen LogP contribution in [0, 0.1) is 6.92 Å². The van der Waals surface area contributed by atoms with E-state index < -0.39 is 0 Å². The minimum atomic E-state index is -0.256. The molecule has 2 heterocycles. The van der Waals surface area contributed by atoms with Crippen LogP contribution in [0.3, 0.4) is 0 Å². The first-order valence-electron chi connectivity index (χ1n) is 10.2. The number of rotatable bonds is 5. The van der Waals surface area contributed by atoms with Gasteiger partial charge in [-0.05, 0) is 37.6 Å². The SMILES string of the molecule is Cc1nn(CC(=O)NC(C)c2ccc(N3CCOCC3)cc2)c(=O)c2ccccc12. The summed E-state index contributed by atoms with van der Waals surface area (Å²) in [6.45, 7) is 6.93. The van der Waals surface area contributed by atoms with Crippen LogP contribution >= 0.6 is 0 Å². The number of fused-ring (bicyclic) bond motifs is 1. The van der Waals surface area contributed by atoms with E-state index in [-0.39, 0.29) is 24.1 Å². The van der Waals surface area contributed by atoms with Crippen LogP contribution in [0.1, 0.15) is 24.2 Å². The Bertz CT molecular complexity index is 1100. The van der Waals surface area contributed by atoms with Gasteiger partial charge in [-0.25, -0.2) is 4.68 Å². The number of aromatic nitrogens is 2. The molecule has 1 fully saturated rings. The second kappa shape index (κ2) is 8.67. The van der Waals surface area contributed by atoms with Crippen molar-refractivity contribution in [2.24, 2.45) is 0 Å². The predicted octanol–water partition coefficient (Wildman–Crippen LogP) is 2.42. The smallest absolute Gasteiger partial charge is 0.275 e. The molecule has 156 valence electrons. The van der Waals surface area contributed by atoms with Gasteiger partial charge in [-0.15, -0.1) is 0 Å². The molecule has 1 atom stereocenters. The molecule has 1 N–H and O–H groups in total. The summed E-state index contributed by atoms with van der Waals surface area (Å²) < 4.78 is 6.63. The molecular weight excluding hydrogens is 380 g/mol. The number of nitrogens with zero attached hydrogens (tertiary/aromatic N) is 3. The molecule has 0 radical (unpaired) electrons. The normalized spacial score (nSPS) is 15.2. The third kappa shape index (κ3) is 4.21. The number of ether oxygens (including phenoxy) is 1. The van der Waals surface area contributed by atoms with Crippen LogP contribution in [-0.2, 0) is 16.1 Å². The predicted molar refractivity (Wildman–Crippen MR) is 117 cm³/mol. The van der Waals surface area contributed by atoms with E-state index in [1.165, 1.54) is 4.68 Å². The standard InChI is InChI=1S/C23H26N4O3/c1-16(18-7-9-19(10-8-18)26-11-13-30-14-12-26)24-22(28)15-27-23(29)21-6-4-3-5-20(21)17(2)25-27/h3-10,16H,11-15H2,1-2H3,(H,24,28). The van der Waals surface area contributed by atoms with Crippen molar-refractivity contribution in [1.82, 2.24) is 15.1 Å². The molecule has 2 aromatic carbocycles. The van der Waals surface area contributed by atoms with E-state index in [0.29, 0.717) is 5.39 Å². The second-order valence-electron chi connectivity index (χ2n) is 7.57. The molecule has 7 nitrogen and oxygen atoms in total. The maximum atomic E-state index is 12.7. The summed E-state index contributed by atoms with van der Waals surface area (Å²) in [6.07, 6.45) is 0. The van der Waals surface area contributed by atoms with Crippen LogP contribution in [0.2, 0.25) is 0 Å². The van der Waals surface area contributed by atoms with E-state index in [1.807, 2.05) is 44.2 Å². The highest BCUT2D eigenvalue weighted by Crippen LogP contribution is 2.20. The number of nitrogens with one attached hydrogen (secondary N) is 1. The summed E-state index contributed by atoms with van der Waals surface area (Å²) >= 11 is 0. The van der Waals surface area contributed by atoms with Crippen molar-refractivity contribution in [2.75, 3.05) is 31.2 Å². The van der Waals surface area contributed by atoms with Crippen LogP contribution in [0.4, 0.5) is 5.69 Å². The molecule has 0 aliphatic carbocycles. The molecule has 1 aromatic heterocycles. The maximum Gasteiger partial charge on any atom is 0.275 e. The Morgan fingerprint density at radius 3 is 2.47 bits per heavy atom. The minimum absolute atomic E-state index is 0.110. The zero-order chi connectivity index (χ0) is 21.1. The molecule has 7 heteroatoms. The summed E-state index contributed by atoms with van der Waals surface area (Å²) in [5.74, 6) is -0.246. The van der Waals surface area contributed by atoms with Crippen molar-refractivity contribution in [3.8, 4) is 0 Å². The maximum absolute atomic E-state index is 12.7. The van der Waals surface area contributed by atoms with E-state index in [9.17, 15) is 9.59 Å². The summed E-state index contributed by atoms with van der Waals surface area (Å²) in [5.41, 5.74) is 2.64. The number of hydrogen-bond acceptors (Lipinski definition) is 5. The summed E-state index contributed by atoms with van der Waals surface area (Å²) in [6, 6.07) is 15.3. The number of hydrogen-bond donors (Lipinski definition) is 1. The van der Waals surface area contributed by atoms with Gasteiger partial charge in [0.05, 0.1) is 30.3 Å². The fourth-order valence-electron chi connectivity index (χ4n) is 3.81. The Balaban J connectivity index is 1.43. The number of anilines is 1. The first-order valence-corrected chi connectivity index (χ1v) is 10.2. The Morgan fingerprint density at radius 1 is 1.10 bits per heavy atom. The number of morpholine rings is 1. The average Bonchev–Trinajstić information content (AvgIpc) is 2.78. The highest BCUT2D eigenvalue weighted by atomic mass is 16.5. The monoisotopic (exact) mass is 406 g/mol. The molecule has 3 aromatic rings. The van der Waals surface area contributed by atoms with E-state index in [2.05, 4.69) is 27.4 Å². The Kier molecular flexibility index (Phi) is 5.81. The molecule has 1 aliphatic rings. The fraction of sp³-hybridized carbons (Fsp3) is 0.348. The van der Waals surface area contributed by atoms with Crippen LogP contribution in [0.25, 0.3) is 10.8 Å². The Hall–Kier alpha value is -3.19. The molecule has 4 rings (SSSR count). The highest BCUT2D eigenvalue weighted by Gasteiger charge is 2.15. The average molecular weight is 406 g/mol. The van der Waals surface area contributed by atoms with Gasteiger partial charge < -0.3 is 15.0 Å². The first-order chi connectivity index (χ1) is 14.5. The number of benzene rings is 2. The van der Waals surface area contributed by atoms with Crippen molar-refractivity contribution in [3.63, 3.8) is 0 Å². The van der Waals surface area contributed by atoms with Crippen molar-refractivity contribution < 1.29 is 9.53 Å². The third-order valence-electron chi connectivity index (χ3n) is 5.49. The van der Waals surface area contributed by atoms with Crippen molar-refractivity contribution in [2.45, 2.75) is 26.4 Å². The minimum Gasteiger partial charge on any atom is -0.378 e. The van der Waals surface area contributed by atoms with Crippen LogP contribution in [-0.4, -0.2) is 42.0 Å². The quantitative estimate of drug-likeness (QED) is 0.704. The number of aryl methyl sites for hydroxylation is 1. The molecule has 0 spiro atoms. The van der Waals surface area contributed by atoms with Gasteiger partial charge in [0.15, 0.2) is 0 Å². The Labute approximate surface area is 175 Å². The largest absolute Gasteiger partial charge is 0.378 e. The lowest BCUT2D eigenvalue weighted by Crippen LogP contribution is -2.36. The van der Waals surface area contributed by atoms with Gasteiger partial charge in [0.25, 0.3) is 5.56 Å². The van der Waals surface area contributed by atoms with Crippen molar-refractivity contribution >= 4 is 22.4 Å². The van der Waals surface area contributed by atoms with Crippen molar-refractivity contribution in [1.29, 1.82) is 0 Å². The third-order valence-corrected chi connectivity index (χ3v) is 5.49.